The van der Waals surface area contributed by atoms with Gasteiger partial charge in [-0.1, -0.05) is 17.7 Å². The molecule has 4 heteroatoms. The molecule has 1 aromatic carbocycles. The first-order valence-corrected chi connectivity index (χ1v) is 6.33. The summed E-state index contributed by atoms with van der Waals surface area (Å²) in [5.41, 5.74) is 3.61. The maximum absolute atomic E-state index is 11.9. The third-order valence-corrected chi connectivity index (χ3v) is 3.02. The zero-order chi connectivity index (χ0) is 14.7. The molecule has 0 heterocycles. The highest BCUT2D eigenvalue weighted by Gasteiger charge is 2.13. The molecule has 0 saturated carbocycles. The van der Waals surface area contributed by atoms with E-state index in [0.717, 1.165) is 5.56 Å². The van der Waals surface area contributed by atoms with Gasteiger partial charge in [-0.15, -0.1) is 0 Å². The fourth-order valence-corrected chi connectivity index (χ4v) is 1.79. The van der Waals surface area contributed by atoms with Gasteiger partial charge in [0, 0.05) is 5.69 Å². The number of aryl methyl sites for hydroxylation is 1. The standard InChI is InChI=1S/C16H16N2O2/c1-10-4-6-13(7-5-10)17-16(20)18-14-8-12(3)15(19)9-11(14)2/h4-9H,1-3H3,(H,17,20). The molecule has 1 aromatic rings. The van der Waals surface area contributed by atoms with E-state index in [1.807, 2.05) is 31.2 Å². The van der Waals surface area contributed by atoms with Crippen LogP contribution in [0.2, 0.25) is 0 Å². The maximum Gasteiger partial charge on any atom is 0.345 e. The Morgan fingerprint density at radius 1 is 1.00 bits per heavy atom. The number of hydrogen-bond donors (Lipinski definition) is 1. The van der Waals surface area contributed by atoms with Gasteiger partial charge < -0.3 is 5.32 Å². The maximum atomic E-state index is 11.9. The number of benzene rings is 1. The molecule has 0 unspecified atom stereocenters. The predicted molar refractivity (Wildman–Crippen MR) is 80.2 cm³/mol. The van der Waals surface area contributed by atoms with Crippen molar-refractivity contribution in [2.45, 2.75) is 20.8 Å². The van der Waals surface area contributed by atoms with Crippen molar-refractivity contribution in [2.24, 2.45) is 4.99 Å². The first-order chi connectivity index (χ1) is 9.45. The Bertz CT molecular complexity index is 650. The molecule has 4 nitrogen and oxygen atoms in total. The van der Waals surface area contributed by atoms with E-state index in [0.29, 0.717) is 22.5 Å². The van der Waals surface area contributed by atoms with Gasteiger partial charge >= 0.3 is 6.03 Å². The van der Waals surface area contributed by atoms with Crippen LogP contribution >= 0.6 is 0 Å². The predicted octanol–water partition coefficient (Wildman–Crippen LogP) is 3.44. The van der Waals surface area contributed by atoms with E-state index in [1.165, 1.54) is 6.08 Å². The molecule has 0 aromatic heterocycles. The molecule has 102 valence electrons. The quantitative estimate of drug-likeness (QED) is 0.793. The number of ketones is 1. The van der Waals surface area contributed by atoms with Crippen molar-refractivity contribution in [3.05, 3.63) is 53.1 Å². The lowest BCUT2D eigenvalue weighted by atomic mass is 9.99. The number of urea groups is 1. The smallest absolute Gasteiger partial charge is 0.306 e. The van der Waals surface area contributed by atoms with Gasteiger partial charge in [-0.25, -0.2) is 4.79 Å². The summed E-state index contributed by atoms with van der Waals surface area (Å²) >= 11 is 0. The Morgan fingerprint density at radius 3 is 2.30 bits per heavy atom. The number of aliphatic imine (C=N–C) groups is 1. The first-order valence-electron chi connectivity index (χ1n) is 6.33. The van der Waals surface area contributed by atoms with Gasteiger partial charge in [-0.05, 0) is 56.2 Å². The zero-order valence-electron chi connectivity index (χ0n) is 11.7. The summed E-state index contributed by atoms with van der Waals surface area (Å²) in [5, 5.41) is 2.70. The average molecular weight is 268 g/mol. The van der Waals surface area contributed by atoms with Gasteiger partial charge in [0.1, 0.15) is 0 Å². The Morgan fingerprint density at radius 2 is 1.65 bits per heavy atom. The van der Waals surface area contributed by atoms with Crippen LogP contribution in [0.15, 0.2) is 52.6 Å². The van der Waals surface area contributed by atoms with Crippen molar-refractivity contribution in [2.75, 3.05) is 5.32 Å². The van der Waals surface area contributed by atoms with Crippen LogP contribution in [0.1, 0.15) is 19.4 Å². The summed E-state index contributed by atoms with van der Waals surface area (Å²) in [6.07, 6.45) is 3.12. The van der Waals surface area contributed by atoms with Crippen LogP contribution in [0.5, 0.6) is 0 Å². The second-order valence-corrected chi connectivity index (χ2v) is 4.81. The summed E-state index contributed by atoms with van der Waals surface area (Å²) in [6.45, 7) is 5.45. The number of carbonyl (C=O) groups excluding carboxylic acids is 2. The van der Waals surface area contributed by atoms with Crippen LogP contribution in [0.3, 0.4) is 0 Å². The lowest BCUT2D eigenvalue weighted by Gasteiger charge is -2.09. The monoisotopic (exact) mass is 268 g/mol. The fourth-order valence-electron chi connectivity index (χ4n) is 1.79. The Labute approximate surface area is 117 Å². The first kappa shape index (κ1) is 13.9. The van der Waals surface area contributed by atoms with Crippen LogP contribution < -0.4 is 5.32 Å². The number of rotatable bonds is 1. The minimum Gasteiger partial charge on any atom is -0.306 e. The normalized spacial score (nSPS) is 16.8. The number of amides is 2. The molecule has 0 aliphatic heterocycles. The molecule has 20 heavy (non-hydrogen) atoms. The molecule has 1 aliphatic rings. The molecule has 0 atom stereocenters. The van der Waals surface area contributed by atoms with Gasteiger partial charge in [-0.3, -0.25) is 4.79 Å². The number of nitrogens with one attached hydrogen (secondary N) is 1. The van der Waals surface area contributed by atoms with Gasteiger partial charge in [0.25, 0.3) is 0 Å². The van der Waals surface area contributed by atoms with Crippen LogP contribution in [0, 0.1) is 6.92 Å². The topological polar surface area (TPSA) is 58.5 Å². The molecule has 1 aliphatic carbocycles. The Kier molecular flexibility index (Phi) is 3.94. The summed E-state index contributed by atoms with van der Waals surface area (Å²) in [6, 6.07) is 7.02. The number of nitrogens with zero attached hydrogens (tertiary/aromatic N) is 1. The molecular weight excluding hydrogens is 252 g/mol. The van der Waals surface area contributed by atoms with Crippen molar-refractivity contribution in [3.8, 4) is 0 Å². The summed E-state index contributed by atoms with van der Waals surface area (Å²) in [5.74, 6) is -0.0413. The highest BCUT2D eigenvalue weighted by molar-refractivity contribution is 6.23. The second kappa shape index (κ2) is 5.65. The van der Waals surface area contributed by atoms with E-state index in [-0.39, 0.29) is 5.78 Å². The molecule has 1 N–H and O–H groups in total. The SMILES string of the molecule is CC1=CC(=NC(=O)Nc2ccc(C)cc2)C(C)=CC1=O. The van der Waals surface area contributed by atoms with Crippen molar-refractivity contribution < 1.29 is 9.59 Å². The number of anilines is 1. The second-order valence-electron chi connectivity index (χ2n) is 4.81. The third-order valence-electron chi connectivity index (χ3n) is 3.02. The van der Waals surface area contributed by atoms with E-state index in [9.17, 15) is 9.59 Å². The lowest BCUT2D eigenvalue weighted by Crippen LogP contribution is -2.14. The van der Waals surface area contributed by atoms with E-state index in [4.69, 9.17) is 0 Å². The Hall–Kier alpha value is -2.49. The van der Waals surface area contributed by atoms with Crippen LogP contribution in [0.4, 0.5) is 10.5 Å². The van der Waals surface area contributed by atoms with Crippen molar-refractivity contribution in [3.63, 3.8) is 0 Å². The van der Waals surface area contributed by atoms with Crippen molar-refractivity contribution in [1.82, 2.24) is 0 Å². The van der Waals surface area contributed by atoms with Crippen molar-refractivity contribution in [1.29, 1.82) is 0 Å². The third kappa shape index (κ3) is 3.29. The Balaban J connectivity index is 2.14. The van der Waals surface area contributed by atoms with E-state index in [1.54, 1.807) is 19.9 Å². The minimum atomic E-state index is -0.449. The highest BCUT2D eigenvalue weighted by atomic mass is 16.2. The summed E-state index contributed by atoms with van der Waals surface area (Å²) < 4.78 is 0. The molecule has 0 saturated heterocycles. The van der Waals surface area contributed by atoms with Crippen LogP contribution in [0.25, 0.3) is 0 Å². The molecule has 2 amide bonds. The molecule has 0 spiro atoms. The highest BCUT2D eigenvalue weighted by Crippen LogP contribution is 2.13. The van der Waals surface area contributed by atoms with Crippen LogP contribution in [-0.4, -0.2) is 17.5 Å². The number of carbonyl (C=O) groups is 2. The van der Waals surface area contributed by atoms with E-state index < -0.39 is 6.03 Å². The summed E-state index contributed by atoms with van der Waals surface area (Å²) in [7, 11) is 0. The molecule has 0 radical (unpaired) electrons. The lowest BCUT2D eigenvalue weighted by molar-refractivity contribution is -0.111. The fraction of sp³-hybridized carbons (Fsp3) is 0.188. The minimum absolute atomic E-state index is 0.0413. The van der Waals surface area contributed by atoms with Gasteiger partial charge in [-0.2, -0.15) is 4.99 Å². The van der Waals surface area contributed by atoms with Gasteiger partial charge in [0.15, 0.2) is 5.78 Å². The molecule has 0 fully saturated rings. The van der Waals surface area contributed by atoms with Gasteiger partial charge in [0.2, 0.25) is 0 Å². The van der Waals surface area contributed by atoms with E-state index >= 15 is 0 Å². The average Bonchev–Trinajstić information content (AvgIpc) is 2.39. The van der Waals surface area contributed by atoms with E-state index in [2.05, 4.69) is 10.3 Å². The number of allylic oxidation sites excluding steroid dienone is 4. The summed E-state index contributed by atoms with van der Waals surface area (Å²) in [4.78, 5) is 27.3. The molecule has 2 rings (SSSR count). The molecular formula is C16H16N2O2. The zero-order valence-corrected chi connectivity index (χ0v) is 11.7. The number of hydrogen-bond acceptors (Lipinski definition) is 2. The van der Waals surface area contributed by atoms with Crippen LogP contribution in [-0.2, 0) is 4.79 Å². The van der Waals surface area contributed by atoms with Crippen molar-refractivity contribution >= 4 is 23.2 Å². The largest absolute Gasteiger partial charge is 0.345 e. The molecule has 0 bridgehead atoms. The van der Waals surface area contributed by atoms with Gasteiger partial charge in [0.05, 0.1) is 5.71 Å².